The van der Waals surface area contributed by atoms with Crippen molar-refractivity contribution in [1.82, 2.24) is 0 Å². The van der Waals surface area contributed by atoms with E-state index in [1.807, 2.05) is 43.3 Å². The molecule has 0 saturated carbocycles. The molecule has 0 unspecified atom stereocenters. The van der Waals surface area contributed by atoms with E-state index in [1.54, 1.807) is 0 Å². The lowest BCUT2D eigenvalue weighted by Gasteiger charge is -2.06. The Morgan fingerprint density at radius 1 is 1.00 bits per heavy atom. The van der Waals surface area contributed by atoms with Crippen LogP contribution in [0.5, 0.6) is 0 Å². The first-order valence-electron chi connectivity index (χ1n) is 7.50. The van der Waals surface area contributed by atoms with Crippen molar-refractivity contribution < 1.29 is 18.3 Å². The first kappa shape index (κ1) is 16.9. The van der Waals surface area contributed by atoms with E-state index in [-0.39, 0.29) is 10.5 Å². The van der Waals surface area contributed by atoms with Crippen LogP contribution < -0.4 is 0 Å². The van der Waals surface area contributed by atoms with Gasteiger partial charge in [0.1, 0.15) is 0 Å². The third-order valence-electron chi connectivity index (χ3n) is 3.91. The Morgan fingerprint density at radius 3 is 2.36 bits per heavy atom. The predicted molar refractivity (Wildman–Crippen MR) is 96.9 cm³/mol. The highest BCUT2D eigenvalue weighted by atomic mass is 32.2. The molecule has 1 N–H and O–H groups in total. The van der Waals surface area contributed by atoms with Crippen LogP contribution in [0.1, 0.15) is 21.5 Å². The third-order valence-corrected chi connectivity index (χ3v) is 5.16. The molecular formula is C19H15NO4S. The third kappa shape index (κ3) is 3.44. The van der Waals surface area contributed by atoms with Crippen LogP contribution in [-0.2, 0) is 10.0 Å². The second-order valence-electron chi connectivity index (χ2n) is 5.56. The van der Waals surface area contributed by atoms with Crippen LogP contribution in [0.3, 0.4) is 0 Å². The molecule has 0 spiro atoms. The first-order chi connectivity index (χ1) is 11.9. The molecule has 0 saturated heterocycles. The van der Waals surface area contributed by atoms with E-state index in [0.29, 0.717) is 0 Å². The van der Waals surface area contributed by atoms with Crippen LogP contribution in [0.4, 0.5) is 0 Å². The van der Waals surface area contributed by atoms with Crippen LogP contribution in [0.2, 0.25) is 0 Å². The van der Waals surface area contributed by atoms with Crippen molar-refractivity contribution in [3.8, 4) is 0 Å². The number of carbonyl (C=O) groups is 1. The van der Waals surface area contributed by atoms with Crippen LogP contribution >= 0.6 is 0 Å². The molecule has 3 aromatic rings. The number of aromatic carboxylic acids is 1. The summed E-state index contributed by atoms with van der Waals surface area (Å²) in [5, 5.41) is 10.8. The number of nitrogens with zero attached hydrogens (tertiary/aromatic N) is 1. The van der Waals surface area contributed by atoms with Gasteiger partial charge in [-0.15, -0.1) is 0 Å². The molecule has 6 heteroatoms. The normalized spacial score (nSPS) is 11.9. The lowest BCUT2D eigenvalue weighted by Crippen LogP contribution is -2.01. The van der Waals surface area contributed by atoms with Gasteiger partial charge in [-0.2, -0.15) is 12.8 Å². The SMILES string of the molecule is Cc1ccc2ccccc2c1/C=N/S(=O)(=O)c1ccc(C(=O)O)cc1. The molecule has 0 aliphatic heterocycles. The molecule has 0 bridgehead atoms. The number of rotatable bonds is 4. The van der Waals surface area contributed by atoms with Crippen molar-refractivity contribution in [3.63, 3.8) is 0 Å². The Morgan fingerprint density at radius 2 is 1.68 bits per heavy atom. The van der Waals surface area contributed by atoms with Gasteiger partial charge in [-0.1, -0.05) is 36.4 Å². The molecule has 3 aromatic carbocycles. The number of aryl methyl sites for hydroxylation is 1. The van der Waals surface area contributed by atoms with Gasteiger partial charge in [0.25, 0.3) is 10.0 Å². The molecule has 0 heterocycles. The lowest BCUT2D eigenvalue weighted by molar-refractivity contribution is 0.0696. The van der Waals surface area contributed by atoms with Crippen molar-refractivity contribution in [1.29, 1.82) is 0 Å². The summed E-state index contributed by atoms with van der Waals surface area (Å²) in [6.45, 7) is 1.89. The van der Waals surface area contributed by atoms with Crippen molar-refractivity contribution in [2.24, 2.45) is 4.40 Å². The standard InChI is InChI=1S/C19H15NO4S/c1-13-6-7-14-4-2-3-5-17(14)18(13)12-20-25(23,24)16-10-8-15(9-11-16)19(21)22/h2-12H,1H3,(H,21,22)/b20-12+. The maximum Gasteiger partial charge on any atom is 0.335 e. The number of sulfonamides is 1. The summed E-state index contributed by atoms with van der Waals surface area (Å²) in [4.78, 5) is 10.8. The fourth-order valence-electron chi connectivity index (χ4n) is 2.53. The summed E-state index contributed by atoms with van der Waals surface area (Å²) in [6, 6.07) is 16.5. The van der Waals surface area contributed by atoms with Crippen molar-refractivity contribution in [2.75, 3.05) is 0 Å². The topological polar surface area (TPSA) is 83.8 Å². The highest BCUT2D eigenvalue weighted by Gasteiger charge is 2.13. The first-order valence-corrected chi connectivity index (χ1v) is 8.94. The Kier molecular flexibility index (Phi) is 4.37. The zero-order chi connectivity index (χ0) is 18.0. The zero-order valence-corrected chi connectivity index (χ0v) is 14.2. The van der Waals surface area contributed by atoms with Crippen LogP contribution in [-0.4, -0.2) is 25.7 Å². The maximum atomic E-state index is 12.4. The average molecular weight is 353 g/mol. The van der Waals surface area contributed by atoms with Gasteiger partial charge in [-0.25, -0.2) is 4.79 Å². The van der Waals surface area contributed by atoms with E-state index in [1.165, 1.54) is 30.5 Å². The lowest BCUT2D eigenvalue weighted by atomic mass is 10.0. The van der Waals surface area contributed by atoms with Gasteiger partial charge in [0.15, 0.2) is 0 Å². The molecule has 0 aliphatic carbocycles. The van der Waals surface area contributed by atoms with E-state index in [0.717, 1.165) is 21.9 Å². The second kappa shape index (κ2) is 6.49. The van der Waals surface area contributed by atoms with Gasteiger partial charge >= 0.3 is 5.97 Å². The van der Waals surface area contributed by atoms with E-state index >= 15 is 0 Å². The van der Waals surface area contributed by atoms with Gasteiger partial charge in [-0.05, 0) is 47.5 Å². The van der Waals surface area contributed by atoms with Gasteiger partial charge in [0, 0.05) is 11.8 Å². The zero-order valence-electron chi connectivity index (χ0n) is 13.4. The van der Waals surface area contributed by atoms with Gasteiger partial charge < -0.3 is 5.11 Å². The Bertz CT molecular complexity index is 1080. The molecule has 0 radical (unpaired) electrons. The van der Waals surface area contributed by atoms with E-state index in [2.05, 4.69) is 4.40 Å². The highest BCUT2D eigenvalue weighted by Crippen LogP contribution is 2.21. The minimum absolute atomic E-state index is 0.0211. The number of hydrogen-bond donors (Lipinski definition) is 1. The summed E-state index contributed by atoms with van der Waals surface area (Å²) in [5.41, 5.74) is 1.68. The Hall–Kier alpha value is -2.99. The van der Waals surface area contributed by atoms with Gasteiger partial charge in [0.05, 0.1) is 10.5 Å². The second-order valence-corrected chi connectivity index (χ2v) is 7.19. The molecule has 3 rings (SSSR count). The smallest absolute Gasteiger partial charge is 0.335 e. The predicted octanol–water partition coefficient (Wildman–Crippen LogP) is 3.65. The highest BCUT2D eigenvalue weighted by molar-refractivity contribution is 7.90. The number of carboxylic acid groups (broad SMARTS) is 1. The van der Waals surface area contributed by atoms with Gasteiger partial charge in [-0.3, -0.25) is 0 Å². The van der Waals surface area contributed by atoms with Crippen molar-refractivity contribution in [3.05, 3.63) is 77.4 Å². The average Bonchev–Trinajstić information content (AvgIpc) is 2.61. The molecule has 0 aromatic heterocycles. The molecule has 5 nitrogen and oxygen atoms in total. The van der Waals surface area contributed by atoms with Crippen molar-refractivity contribution in [2.45, 2.75) is 11.8 Å². The molecule has 0 amide bonds. The summed E-state index contributed by atoms with van der Waals surface area (Å²) >= 11 is 0. The molecule has 0 atom stereocenters. The van der Waals surface area contributed by atoms with Crippen LogP contribution in [0.25, 0.3) is 10.8 Å². The fourth-order valence-corrected chi connectivity index (χ4v) is 3.37. The number of carboxylic acids is 1. The Labute approximate surface area is 145 Å². The quantitative estimate of drug-likeness (QED) is 0.726. The summed E-state index contributed by atoms with van der Waals surface area (Å²) in [5.74, 6) is -1.11. The minimum atomic E-state index is -3.91. The van der Waals surface area contributed by atoms with Crippen LogP contribution in [0.15, 0.2) is 70.0 Å². The van der Waals surface area contributed by atoms with E-state index in [4.69, 9.17) is 5.11 Å². The molecule has 25 heavy (non-hydrogen) atoms. The van der Waals surface area contributed by atoms with E-state index in [9.17, 15) is 13.2 Å². The largest absolute Gasteiger partial charge is 0.478 e. The molecular weight excluding hydrogens is 338 g/mol. The molecule has 0 fully saturated rings. The Balaban J connectivity index is 2.01. The summed E-state index contributed by atoms with van der Waals surface area (Å²) in [7, 11) is -3.91. The monoisotopic (exact) mass is 353 g/mol. The van der Waals surface area contributed by atoms with Gasteiger partial charge in [0.2, 0.25) is 0 Å². The molecule has 126 valence electrons. The van der Waals surface area contributed by atoms with Crippen molar-refractivity contribution >= 4 is 33.0 Å². The summed E-state index contributed by atoms with van der Waals surface area (Å²) in [6.07, 6.45) is 1.35. The maximum absolute atomic E-state index is 12.4. The van der Waals surface area contributed by atoms with Crippen LogP contribution in [0, 0.1) is 6.92 Å². The number of benzene rings is 3. The summed E-state index contributed by atoms with van der Waals surface area (Å²) < 4.78 is 28.6. The number of hydrogen-bond acceptors (Lipinski definition) is 3. The molecule has 0 aliphatic rings. The minimum Gasteiger partial charge on any atom is -0.478 e. The number of fused-ring (bicyclic) bond motifs is 1. The fraction of sp³-hybridized carbons (Fsp3) is 0.0526. The van der Waals surface area contributed by atoms with E-state index < -0.39 is 16.0 Å².